The largest absolute Gasteiger partial charge is 0.325 e. The van der Waals surface area contributed by atoms with Gasteiger partial charge in [0.15, 0.2) is 0 Å². The molecule has 0 unspecified atom stereocenters. The highest BCUT2D eigenvalue weighted by molar-refractivity contribution is 9.10. The monoisotopic (exact) mass is 565 g/mol. The summed E-state index contributed by atoms with van der Waals surface area (Å²) in [7, 11) is -7.53. The summed E-state index contributed by atoms with van der Waals surface area (Å²) in [6.45, 7) is 3.35. The van der Waals surface area contributed by atoms with Gasteiger partial charge in [-0.2, -0.15) is 0 Å². The summed E-state index contributed by atoms with van der Waals surface area (Å²) in [5.41, 5.74) is 3.04. The number of halogens is 1. The SMILES string of the molecule is Cc1ccc(N(CC(=O)Nc2ccc(S(=O)(=O)Nc3ccc(Br)cc3)cc2)S(C)(=O)=O)cc1C. The number of nitrogens with zero attached hydrogens (tertiary/aromatic N) is 1. The molecule has 2 N–H and O–H groups in total. The Labute approximate surface area is 208 Å². The fraction of sp³-hybridized carbons (Fsp3) is 0.174. The number of benzene rings is 3. The Bertz CT molecular complexity index is 1410. The van der Waals surface area contributed by atoms with Crippen LogP contribution in [0.3, 0.4) is 0 Å². The van der Waals surface area contributed by atoms with Crippen LogP contribution in [0.15, 0.2) is 76.1 Å². The van der Waals surface area contributed by atoms with Crippen LogP contribution < -0.4 is 14.3 Å². The molecular weight excluding hydrogens is 542 g/mol. The van der Waals surface area contributed by atoms with Gasteiger partial charge in [-0.1, -0.05) is 22.0 Å². The van der Waals surface area contributed by atoms with E-state index in [2.05, 4.69) is 26.0 Å². The first-order valence-electron chi connectivity index (χ1n) is 10.1. The number of carbonyl (C=O) groups is 1. The van der Waals surface area contributed by atoms with Crippen molar-refractivity contribution >= 4 is 58.9 Å². The Hall–Kier alpha value is -2.89. The average molecular weight is 566 g/mol. The van der Waals surface area contributed by atoms with E-state index in [0.29, 0.717) is 17.1 Å². The lowest BCUT2D eigenvalue weighted by Gasteiger charge is -2.22. The second kappa shape index (κ2) is 10.2. The molecule has 11 heteroatoms. The van der Waals surface area contributed by atoms with Crippen molar-refractivity contribution in [1.29, 1.82) is 0 Å². The van der Waals surface area contributed by atoms with Gasteiger partial charge >= 0.3 is 0 Å². The van der Waals surface area contributed by atoms with E-state index < -0.39 is 32.5 Å². The molecule has 0 fully saturated rings. The second-order valence-corrected chi connectivity index (χ2v) is 12.2. The lowest BCUT2D eigenvalue weighted by molar-refractivity contribution is -0.114. The number of sulfonamides is 2. The van der Waals surface area contributed by atoms with E-state index >= 15 is 0 Å². The van der Waals surface area contributed by atoms with Crippen LogP contribution in [0.4, 0.5) is 17.1 Å². The maximum Gasteiger partial charge on any atom is 0.261 e. The van der Waals surface area contributed by atoms with Crippen LogP contribution in [0.25, 0.3) is 0 Å². The minimum Gasteiger partial charge on any atom is -0.325 e. The third-order valence-corrected chi connectivity index (χ3v) is 8.08. The van der Waals surface area contributed by atoms with E-state index in [-0.39, 0.29) is 4.90 Å². The molecule has 0 bridgehead atoms. The van der Waals surface area contributed by atoms with Crippen molar-refractivity contribution in [2.45, 2.75) is 18.7 Å². The van der Waals surface area contributed by atoms with Crippen LogP contribution in [0, 0.1) is 13.8 Å². The summed E-state index contributed by atoms with van der Waals surface area (Å²) in [4.78, 5) is 12.6. The number of nitrogens with one attached hydrogen (secondary N) is 2. The van der Waals surface area contributed by atoms with Crippen molar-refractivity contribution in [1.82, 2.24) is 0 Å². The number of hydrogen-bond acceptors (Lipinski definition) is 5. The van der Waals surface area contributed by atoms with Crippen molar-refractivity contribution in [2.24, 2.45) is 0 Å². The first-order valence-corrected chi connectivity index (χ1v) is 14.2. The summed E-state index contributed by atoms with van der Waals surface area (Å²) in [6, 6.07) is 17.4. The Morgan fingerprint density at radius 3 is 2.00 bits per heavy atom. The Morgan fingerprint density at radius 2 is 1.44 bits per heavy atom. The molecule has 0 radical (unpaired) electrons. The van der Waals surface area contributed by atoms with E-state index in [1.807, 2.05) is 13.8 Å². The van der Waals surface area contributed by atoms with E-state index in [1.165, 1.54) is 24.3 Å². The van der Waals surface area contributed by atoms with Gasteiger partial charge in [-0.05, 0) is 85.6 Å². The fourth-order valence-corrected chi connectivity index (χ4v) is 5.23. The number of anilines is 3. The van der Waals surface area contributed by atoms with Crippen LogP contribution in [-0.2, 0) is 24.8 Å². The smallest absolute Gasteiger partial charge is 0.261 e. The topological polar surface area (TPSA) is 113 Å². The van der Waals surface area contributed by atoms with Gasteiger partial charge in [0.2, 0.25) is 15.9 Å². The van der Waals surface area contributed by atoms with Gasteiger partial charge in [0, 0.05) is 15.8 Å². The molecule has 34 heavy (non-hydrogen) atoms. The van der Waals surface area contributed by atoms with Crippen LogP contribution in [0.5, 0.6) is 0 Å². The zero-order valence-corrected chi connectivity index (χ0v) is 22.0. The maximum absolute atomic E-state index is 12.6. The van der Waals surface area contributed by atoms with Crippen molar-refractivity contribution < 1.29 is 21.6 Å². The number of hydrogen-bond donors (Lipinski definition) is 2. The summed E-state index contributed by atoms with van der Waals surface area (Å²) in [6.07, 6.45) is 1.04. The molecule has 3 aromatic rings. The normalized spacial score (nSPS) is 11.6. The minimum absolute atomic E-state index is 0.0151. The zero-order valence-electron chi connectivity index (χ0n) is 18.7. The third-order valence-electron chi connectivity index (χ3n) is 5.01. The highest BCUT2D eigenvalue weighted by atomic mass is 79.9. The molecule has 0 saturated carbocycles. The first-order chi connectivity index (χ1) is 15.8. The molecule has 0 saturated heterocycles. The molecule has 8 nitrogen and oxygen atoms in total. The Morgan fingerprint density at radius 1 is 0.853 bits per heavy atom. The number of amides is 1. The Balaban J connectivity index is 1.71. The van der Waals surface area contributed by atoms with Gasteiger partial charge in [-0.15, -0.1) is 0 Å². The van der Waals surface area contributed by atoms with Crippen molar-refractivity contribution in [3.05, 3.63) is 82.3 Å². The standard InChI is InChI=1S/C23H24BrN3O5S2/c1-16-4-11-21(14-17(16)2)27(33(3,29)30)15-23(28)25-19-9-12-22(13-10-19)34(31,32)26-20-7-5-18(24)6-8-20/h4-14,26H,15H2,1-3H3,(H,25,28). The predicted molar refractivity (Wildman–Crippen MR) is 138 cm³/mol. The third kappa shape index (κ3) is 6.58. The van der Waals surface area contributed by atoms with Gasteiger partial charge < -0.3 is 5.32 Å². The molecule has 180 valence electrons. The van der Waals surface area contributed by atoms with Crippen LogP contribution in [-0.4, -0.2) is 35.5 Å². The lowest BCUT2D eigenvalue weighted by Crippen LogP contribution is -2.37. The molecule has 3 aromatic carbocycles. The number of rotatable bonds is 8. The molecule has 0 aliphatic carbocycles. The van der Waals surface area contributed by atoms with Crippen molar-refractivity contribution in [3.63, 3.8) is 0 Å². The fourth-order valence-electron chi connectivity index (χ4n) is 3.06. The number of carbonyl (C=O) groups excluding carboxylic acids is 1. The van der Waals surface area contributed by atoms with E-state index in [4.69, 9.17) is 0 Å². The van der Waals surface area contributed by atoms with Gasteiger partial charge in [0.05, 0.1) is 16.8 Å². The molecule has 0 aliphatic rings. The quantitative estimate of drug-likeness (QED) is 0.423. The molecule has 0 spiro atoms. The molecule has 0 aromatic heterocycles. The highest BCUT2D eigenvalue weighted by Gasteiger charge is 2.21. The van der Waals surface area contributed by atoms with Gasteiger partial charge in [-0.3, -0.25) is 13.8 Å². The second-order valence-electron chi connectivity index (χ2n) is 7.72. The Kier molecular flexibility index (Phi) is 7.69. The van der Waals surface area contributed by atoms with Gasteiger partial charge in [-0.25, -0.2) is 16.8 Å². The van der Waals surface area contributed by atoms with Crippen LogP contribution in [0.2, 0.25) is 0 Å². The van der Waals surface area contributed by atoms with Crippen LogP contribution in [0.1, 0.15) is 11.1 Å². The maximum atomic E-state index is 12.6. The van der Waals surface area contributed by atoms with E-state index in [9.17, 15) is 21.6 Å². The first kappa shape index (κ1) is 25.7. The summed E-state index contributed by atoms with van der Waals surface area (Å²) in [5.74, 6) is -0.563. The summed E-state index contributed by atoms with van der Waals surface area (Å²) in [5, 5.41) is 2.61. The molecule has 0 heterocycles. The lowest BCUT2D eigenvalue weighted by atomic mass is 10.1. The zero-order chi connectivity index (χ0) is 25.1. The molecule has 3 rings (SSSR count). The predicted octanol–water partition coefficient (Wildman–Crippen LogP) is 4.27. The van der Waals surface area contributed by atoms with E-state index in [0.717, 1.165) is 26.2 Å². The summed E-state index contributed by atoms with van der Waals surface area (Å²) < 4.78 is 54.1. The van der Waals surface area contributed by atoms with Crippen molar-refractivity contribution in [3.8, 4) is 0 Å². The van der Waals surface area contributed by atoms with Gasteiger partial charge in [0.25, 0.3) is 10.0 Å². The minimum atomic E-state index is -3.82. The van der Waals surface area contributed by atoms with Crippen LogP contribution >= 0.6 is 15.9 Å². The highest BCUT2D eigenvalue weighted by Crippen LogP contribution is 2.22. The van der Waals surface area contributed by atoms with Gasteiger partial charge in [0.1, 0.15) is 6.54 Å². The van der Waals surface area contributed by atoms with E-state index in [1.54, 1.807) is 42.5 Å². The number of aryl methyl sites for hydroxylation is 2. The molecule has 1 amide bonds. The molecular formula is C23H24BrN3O5S2. The summed E-state index contributed by atoms with van der Waals surface area (Å²) >= 11 is 3.29. The molecule has 0 aliphatic heterocycles. The molecule has 0 atom stereocenters. The van der Waals surface area contributed by atoms with Crippen molar-refractivity contribution in [2.75, 3.05) is 27.1 Å². The average Bonchev–Trinajstić information content (AvgIpc) is 2.75.